The minimum absolute atomic E-state index is 0.506. The lowest BCUT2D eigenvalue weighted by molar-refractivity contribution is 0.430. The van der Waals surface area contributed by atoms with Crippen molar-refractivity contribution in [1.29, 1.82) is 5.26 Å². The van der Waals surface area contributed by atoms with E-state index in [0.29, 0.717) is 12.6 Å². The Kier molecular flexibility index (Phi) is 13.1. The predicted molar refractivity (Wildman–Crippen MR) is 74.9 cm³/mol. The Morgan fingerprint density at radius 1 is 0.882 bits per heavy atom. The normalized spacial score (nSPS) is 10.7. The molecule has 0 aliphatic carbocycles. The van der Waals surface area contributed by atoms with Gasteiger partial charge in [-0.05, 0) is 12.8 Å². The molecule has 0 saturated carbocycles. The van der Waals surface area contributed by atoms with Crippen LogP contribution in [0.2, 0.25) is 0 Å². The van der Waals surface area contributed by atoms with Gasteiger partial charge in [0, 0.05) is 6.04 Å². The van der Waals surface area contributed by atoms with E-state index in [2.05, 4.69) is 25.2 Å². The summed E-state index contributed by atoms with van der Waals surface area (Å²) in [7, 11) is 0. The smallest absolute Gasteiger partial charge is 0.0843 e. The Bertz CT molecular complexity index is 172. The minimum Gasteiger partial charge on any atom is -0.302 e. The summed E-state index contributed by atoms with van der Waals surface area (Å²) in [6, 6.07) is 2.76. The number of rotatable bonds is 12. The SMILES string of the molecule is CCCCCCC(CCCCCC)NCC#N. The summed E-state index contributed by atoms with van der Waals surface area (Å²) in [4.78, 5) is 0. The van der Waals surface area contributed by atoms with Crippen LogP contribution < -0.4 is 5.32 Å². The van der Waals surface area contributed by atoms with E-state index < -0.39 is 0 Å². The van der Waals surface area contributed by atoms with Crippen molar-refractivity contribution in [2.24, 2.45) is 0 Å². The maximum atomic E-state index is 8.62. The molecule has 0 heterocycles. The van der Waals surface area contributed by atoms with E-state index >= 15 is 0 Å². The van der Waals surface area contributed by atoms with Crippen molar-refractivity contribution in [3.63, 3.8) is 0 Å². The maximum absolute atomic E-state index is 8.62. The summed E-state index contributed by atoms with van der Waals surface area (Å²) < 4.78 is 0. The summed E-state index contributed by atoms with van der Waals surface area (Å²) in [6.07, 6.45) is 13.1. The van der Waals surface area contributed by atoms with Crippen molar-refractivity contribution >= 4 is 0 Å². The van der Waals surface area contributed by atoms with E-state index in [1.165, 1.54) is 64.2 Å². The first-order valence-corrected chi connectivity index (χ1v) is 7.45. The second-order valence-corrected chi connectivity index (χ2v) is 4.93. The van der Waals surface area contributed by atoms with Crippen molar-refractivity contribution in [3.05, 3.63) is 0 Å². The first kappa shape index (κ1) is 16.4. The molecule has 0 bridgehead atoms. The van der Waals surface area contributed by atoms with Gasteiger partial charge in [-0.25, -0.2) is 0 Å². The second kappa shape index (κ2) is 13.5. The third-order valence-electron chi connectivity index (χ3n) is 3.28. The standard InChI is InChI=1S/C15H30N2/c1-3-5-7-9-11-15(17-14-13-16)12-10-8-6-4-2/h15,17H,3-12,14H2,1-2H3. The van der Waals surface area contributed by atoms with E-state index in [4.69, 9.17) is 5.26 Å². The number of hydrogen-bond donors (Lipinski definition) is 1. The zero-order valence-corrected chi connectivity index (χ0v) is 11.8. The molecule has 100 valence electrons. The fourth-order valence-electron chi connectivity index (χ4n) is 2.17. The lowest BCUT2D eigenvalue weighted by atomic mass is 10.0. The molecular weight excluding hydrogens is 208 g/mol. The van der Waals surface area contributed by atoms with Gasteiger partial charge in [-0.2, -0.15) is 5.26 Å². The van der Waals surface area contributed by atoms with Crippen molar-refractivity contribution in [3.8, 4) is 6.07 Å². The van der Waals surface area contributed by atoms with Crippen molar-refractivity contribution in [1.82, 2.24) is 5.32 Å². The van der Waals surface area contributed by atoms with Crippen LogP contribution in [0.3, 0.4) is 0 Å². The first-order valence-electron chi connectivity index (χ1n) is 7.45. The number of nitriles is 1. The van der Waals surface area contributed by atoms with Gasteiger partial charge in [0.1, 0.15) is 0 Å². The molecule has 0 aliphatic rings. The molecule has 0 aromatic heterocycles. The summed E-state index contributed by atoms with van der Waals surface area (Å²) in [6.45, 7) is 5.00. The Morgan fingerprint density at radius 3 is 1.82 bits per heavy atom. The van der Waals surface area contributed by atoms with E-state index in [-0.39, 0.29) is 0 Å². The lowest BCUT2D eigenvalue weighted by Crippen LogP contribution is -2.29. The van der Waals surface area contributed by atoms with Crippen LogP contribution in [0.15, 0.2) is 0 Å². The molecule has 0 radical (unpaired) electrons. The third kappa shape index (κ3) is 11.7. The van der Waals surface area contributed by atoms with Gasteiger partial charge in [-0.3, -0.25) is 0 Å². The van der Waals surface area contributed by atoms with Gasteiger partial charge < -0.3 is 5.32 Å². The van der Waals surface area contributed by atoms with Crippen LogP contribution in [-0.4, -0.2) is 12.6 Å². The lowest BCUT2D eigenvalue weighted by Gasteiger charge is -2.16. The molecule has 2 nitrogen and oxygen atoms in total. The highest BCUT2D eigenvalue weighted by atomic mass is 14.9. The van der Waals surface area contributed by atoms with Gasteiger partial charge in [0.05, 0.1) is 12.6 Å². The van der Waals surface area contributed by atoms with Crippen LogP contribution in [0.25, 0.3) is 0 Å². The van der Waals surface area contributed by atoms with Gasteiger partial charge in [-0.15, -0.1) is 0 Å². The molecule has 0 aromatic carbocycles. The van der Waals surface area contributed by atoms with Gasteiger partial charge in [0.25, 0.3) is 0 Å². The van der Waals surface area contributed by atoms with Crippen molar-refractivity contribution in [2.45, 2.75) is 84.1 Å². The minimum atomic E-state index is 0.506. The molecule has 0 atom stereocenters. The molecular formula is C15H30N2. The highest BCUT2D eigenvalue weighted by Crippen LogP contribution is 2.12. The topological polar surface area (TPSA) is 35.8 Å². The Balaban J connectivity index is 3.60. The summed E-state index contributed by atoms with van der Waals surface area (Å²) in [5.74, 6) is 0. The molecule has 0 saturated heterocycles. The summed E-state index contributed by atoms with van der Waals surface area (Å²) >= 11 is 0. The van der Waals surface area contributed by atoms with Crippen LogP contribution in [0.4, 0.5) is 0 Å². The van der Waals surface area contributed by atoms with Crippen LogP contribution in [0.1, 0.15) is 78.1 Å². The zero-order valence-electron chi connectivity index (χ0n) is 11.8. The van der Waals surface area contributed by atoms with E-state index in [1.54, 1.807) is 0 Å². The van der Waals surface area contributed by atoms with Crippen LogP contribution >= 0.6 is 0 Å². The Labute approximate surface area is 108 Å². The largest absolute Gasteiger partial charge is 0.302 e. The number of hydrogen-bond acceptors (Lipinski definition) is 2. The fourth-order valence-corrected chi connectivity index (χ4v) is 2.17. The molecule has 0 spiro atoms. The molecule has 0 unspecified atom stereocenters. The Morgan fingerprint density at radius 2 is 1.41 bits per heavy atom. The second-order valence-electron chi connectivity index (χ2n) is 4.93. The van der Waals surface area contributed by atoms with Crippen molar-refractivity contribution in [2.75, 3.05) is 6.54 Å². The Hall–Kier alpha value is -0.550. The average molecular weight is 238 g/mol. The molecule has 1 N–H and O–H groups in total. The molecule has 0 rings (SSSR count). The van der Waals surface area contributed by atoms with Gasteiger partial charge >= 0.3 is 0 Å². The number of unbranched alkanes of at least 4 members (excludes halogenated alkanes) is 6. The number of nitrogens with one attached hydrogen (secondary N) is 1. The maximum Gasteiger partial charge on any atom is 0.0843 e. The molecule has 17 heavy (non-hydrogen) atoms. The monoisotopic (exact) mass is 238 g/mol. The fraction of sp³-hybridized carbons (Fsp3) is 0.933. The van der Waals surface area contributed by atoms with E-state index in [9.17, 15) is 0 Å². The molecule has 0 aromatic rings. The van der Waals surface area contributed by atoms with E-state index in [0.717, 1.165) is 0 Å². The van der Waals surface area contributed by atoms with Crippen LogP contribution in [0.5, 0.6) is 0 Å². The van der Waals surface area contributed by atoms with Crippen LogP contribution in [-0.2, 0) is 0 Å². The van der Waals surface area contributed by atoms with E-state index in [1.807, 2.05) is 0 Å². The molecule has 2 heteroatoms. The summed E-state index contributed by atoms with van der Waals surface area (Å²) in [5.41, 5.74) is 0. The molecule has 0 fully saturated rings. The highest BCUT2D eigenvalue weighted by Gasteiger charge is 2.06. The highest BCUT2D eigenvalue weighted by molar-refractivity contribution is 4.77. The molecule has 0 aliphatic heterocycles. The quantitative estimate of drug-likeness (QED) is 0.404. The summed E-state index contributed by atoms with van der Waals surface area (Å²) in [5, 5.41) is 12.0. The third-order valence-corrected chi connectivity index (χ3v) is 3.28. The van der Waals surface area contributed by atoms with Crippen LogP contribution in [0, 0.1) is 11.3 Å². The molecule has 0 amide bonds. The predicted octanol–water partition coefficient (Wildman–Crippen LogP) is 4.41. The average Bonchev–Trinajstić information content (AvgIpc) is 2.35. The number of nitrogens with zero attached hydrogens (tertiary/aromatic N) is 1. The van der Waals surface area contributed by atoms with Gasteiger partial charge in [0.2, 0.25) is 0 Å². The van der Waals surface area contributed by atoms with Gasteiger partial charge in [-0.1, -0.05) is 65.2 Å². The van der Waals surface area contributed by atoms with Crippen molar-refractivity contribution < 1.29 is 0 Å². The first-order chi connectivity index (χ1) is 8.35. The zero-order chi connectivity index (χ0) is 12.8. The van der Waals surface area contributed by atoms with Gasteiger partial charge in [0.15, 0.2) is 0 Å².